The molecule has 0 saturated carbocycles. The lowest BCUT2D eigenvalue weighted by molar-refractivity contribution is -0.141. The minimum absolute atomic E-state index is 0.208. The van der Waals surface area contributed by atoms with Crippen molar-refractivity contribution in [2.24, 2.45) is 14.1 Å². The zero-order valence-corrected chi connectivity index (χ0v) is 13.5. The van der Waals surface area contributed by atoms with Crippen LogP contribution in [0, 0.1) is 0 Å². The van der Waals surface area contributed by atoms with Gasteiger partial charge in [-0.05, 0) is 22.0 Å². The normalized spacial score (nSPS) is 11.4. The Morgan fingerprint density at radius 2 is 1.78 bits per heavy atom. The van der Waals surface area contributed by atoms with Crippen LogP contribution in [0.15, 0.2) is 22.9 Å². The summed E-state index contributed by atoms with van der Waals surface area (Å²) < 4.78 is 41.4. The second-order valence-corrected chi connectivity index (χ2v) is 5.54. The second kappa shape index (κ2) is 6.07. The summed E-state index contributed by atoms with van der Waals surface area (Å²) in [7, 11) is 2.86. The van der Waals surface area contributed by atoms with Crippen LogP contribution in [0.1, 0.15) is 26.5 Å². The summed E-state index contributed by atoms with van der Waals surface area (Å²) in [5, 5.41) is 3.21. The van der Waals surface area contributed by atoms with Gasteiger partial charge in [0.15, 0.2) is 5.69 Å². The van der Waals surface area contributed by atoms with Crippen molar-refractivity contribution < 1.29 is 22.8 Å². The highest BCUT2D eigenvalue weighted by Crippen LogP contribution is 2.30. The molecule has 2 amide bonds. The summed E-state index contributed by atoms with van der Waals surface area (Å²) in [5.41, 5.74) is 2.19. The van der Waals surface area contributed by atoms with Crippen molar-refractivity contribution in [3.63, 3.8) is 0 Å². The summed E-state index contributed by atoms with van der Waals surface area (Å²) in [4.78, 5) is 23.7. The Bertz CT molecular complexity index is 765. The van der Waals surface area contributed by atoms with Gasteiger partial charge in [0.25, 0.3) is 11.8 Å². The standard InChI is InChI=1S/C12H11BrF3N5O2/c1-20-4-6(13)3-8(20)11(23)18-17-10(22)7-5-21(2)19-9(7)12(14,15)16/h3-5H,1-2H3,(H,17,22)(H,18,23). The number of rotatable bonds is 2. The Balaban J connectivity index is 2.12. The lowest BCUT2D eigenvalue weighted by atomic mass is 10.2. The first-order chi connectivity index (χ1) is 10.6. The van der Waals surface area contributed by atoms with E-state index in [2.05, 4.69) is 26.5 Å². The van der Waals surface area contributed by atoms with Crippen LogP contribution < -0.4 is 10.9 Å². The molecule has 2 heterocycles. The van der Waals surface area contributed by atoms with Crippen molar-refractivity contribution in [2.45, 2.75) is 6.18 Å². The fourth-order valence-corrected chi connectivity index (χ4v) is 2.38. The van der Waals surface area contributed by atoms with Crippen molar-refractivity contribution in [3.05, 3.63) is 39.9 Å². The molecule has 0 spiro atoms. The van der Waals surface area contributed by atoms with Gasteiger partial charge < -0.3 is 4.57 Å². The van der Waals surface area contributed by atoms with Crippen LogP contribution in [-0.2, 0) is 20.3 Å². The van der Waals surface area contributed by atoms with Crippen molar-refractivity contribution in [1.82, 2.24) is 25.2 Å². The minimum Gasteiger partial charge on any atom is -0.345 e. The van der Waals surface area contributed by atoms with Gasteiger partial charge in [0, 0.05) is 31.0 Å². The Labute approximate surface area is 136 Å². The van der Waals surface area contributed by atoms with E-state index in [1.165, 1.54) is 17.7 Å². The van der Waals surface area contributed by atoms with E-state index in [1.54, 1.807) is 13.2 Å². The summed E-state index contributed by atoms with van der Waals surface area (Å²) in [6.07, 6.45) is -2.25. The number of nitrogens with zero attached hydrogens (tertiary/aromatic N) is 3. The van der Waals surface area contributed by atoms with Gasteiger partial charge in [0.1, 0.15) is 5.69 Å². The van der Waals surface area contributed by atoms with E-state index in [4.69, 9.17) is 0 Å². The van der Waals surface area contributed by atoms with E-state index in [0.717, 1.165) is 10.9 Å². The van der Waals surface area contributed by atoms with Gasteiger partial charge in [0.2, 0.25) is 0 Å². The van der Waals surface area contributed by atoms with Crippen LogP contribution in [0.4, 0.5) is 13.2 Å². The molecule has 0 unspecified atom stereocenters. The zero-order chi connectivity index (χ0) is 17.4. The zero-order valence-electron chi connectivity index (χ0n) is 11.9. The number of hydrogen-bond donors (Lipinski definition) is 2. The smallest absolute Gasteiger partial charge is 0.345 e. The van der Waals surface area contributed by atoms with Crippen molar-refractivity contribution in [1.29, 1.82) is 0 Å². The van der Waals surface area contributed by atoms with Crippen LogP contribution in [0.3, 0.4) is 0 Å². The number of hydrazine groups is 1. The fraction of sp³-hybridized carbons (Fsp3) is 0.250. The third-order valence-corrected chi connectivity index (χ3v) is 3.27. The van der Waals surface area contributed by atoms with Crippen molar-refractivity contribution in [2.75, 3.05) is 0 Å². The number of aromatic nitrogens is 3. The van der Waals surface area contributed by atoms with Gasteiger partial charge in [-0.15, -0.1) is 0 Å². The summed E-state index contributed by atoms with van der Waals surface area (Å²) in [6.45, 7) is 0. The minimum atomic E-state index is -4.78. The maximum atomic E-state index is 12.8. The van der Waals surface area contributed by atoms with Gasteiger partial charge in [-0.2, -0.15) is 18.3 Å². The maximum Gasteiger partial charge on any atom is 0.435 e. The summed E-state index contributed by atoms with van der Waals surface area (Å²) >= 11 is 3.18. The van der Waals surface area contributed by atoms with E-state index in [1.807, 2.05) is 5.43 Å². The Kier molecular flexibility index (Phi) is 4.50. The highest BCUT2D eigenvalue weighted by atomic mass is 79.9. The number of nitrogens with one attached hydrogen (secondary N) is 2. The monoisotopic (exact) mass is 393 g/mol. The van der Waals surface area contributed by atoms with Crippen molar-refractivity contribution >= 4 is 27.7 Å². The fourth-order valence-electron chi connectivity index (χ4n) is 1.86. The summed E-state index contributed by atoms with van der Waals surface area (Å²) in [5.74, 6) is -1.80. The number of aryl methyl sites for hydroxylation is 2. The molecule has 11 heteroatoms. The molecular formula is C12H11BrF3N5O2. The Morgan fingerprint density at radius 3 is 2.30 bits per heavy atom. The molecule has 0 radical (unpaired) electrons. The van der Waals surface area contributed by atoms with Crippen LogP contribution >= 0.6 is 15.9 Å². The second-order valence-electron chi connectivity index (χ2n) is 4.63. The Hall–Kier alpha value is -2.30. The molecule has 124 valence electrons. The maximum absolute atomic E-state index is 12.8. The van der Waals surface area contributed by atoms with Gasteiger partial charge in [-0.3, -0.25) is 25.1 Å². The molecule has 2 rings (SSSR count). The molecule has 0 aliphatic rings. The van der Waals surface area contributed by atoms with Gasteiger partial charge in [-0.1, -0.05) is 0 Å². The number of hydrogen-bond acceptors (Lipinski definition) is 3. The molecule has 2 aromatic heterocycles. The largest absolute Gasteiger partial charge is 0.435 e. The highest BCUT2D eigenvalue weighted by molar-refractivity contribution is 9.10. The molecule has 0 aromatic carbocycles. The van der Waals surface area contributed by atoms with E-state index in [0.29, 0.717) is 4.47 Å². The average molecular weight is 394 g/mol. The number of alkyl halides is 3. The van der Waals surface area contributed by atoms with E-state index in [9.17, 15) is 22.8 Å². The molecule has 0 saturated heterocycles. The third-order valence-electron chi connectivity index (χ3n) is 2.84. The third kappa shape index (κ3) is 3.73. The molecule has 0 fully saturated rings. The lowest BCUT2D eigenvalue weighted by Crippen LogP contribution is -2.42. The van der Waals surface area contributed by atoms with Gasteiger partial charge in [0.05, 0.1) is 5.56 Å². The lowest BCUT2D eigenvalue weighted by Gasteiger charge is -2.09. The first-order valence-electron chi connectivity index (χ1n) is 6.13. The molecule has 0 aliphatic heterocycles. The van der Waals surface area contributed by atoms with E-state index < -0.39 is 29.2 Å². The predicted octanol–water partition coefficient (Wildman–Crippen LogP) is 1.61. The topological polar surface area (TPSA) is 81.0 Å². The number of carbonyl (C=O) groups excluding carboxylic acids is 2. The van der Waals surface area contributed by atoms with Crippen LogP contribution in [-0.4, -0.2) is 26.2 Å². The predicted molar refractivity (Wildman–Crippen MR) is 76.3 cm³/mol. The first kappa shape index (κ1) is 17.1. The molecule has 0 bridgehead atoms. The quantitative estimate of drug-likeness (QED) is 0.760. The molecule has 2 aromatic rings. The molecule has 0 atom stereocenters. The summed E-state index contributed by atoms with van der Waals surface area (Å²) in [6, 6.07) is 1.49. The first-order valence-corrected chi connectivity index (χ1v) is 6.92. The highest BCUT2D eigenvalue weighted by Gasteiger charge is 2.39. The Morgan fingerprint density at radius 1 is 1.17 bits per heavy atom. The molecular weight excluding hydrogens is 383 g/mol. The average Bonchev–Trinajstić information content (AvgIpc) is 2.98. The molecule has 23 heavy (non-hydrogen) atoms. The van der Waals surface area contributed by atoms with E-state index in [-0.39, 0.29) is 5.69 Å². The number of amides is 2. The van der Waals surface area contributed by atoms with Crippen LogP contribution in [0.25, 0.3) is 0 Å². The molecule has 2 N–H and O–H groups in total. The van der Waals surface area contributed by atoms with E-state index >= 15 is 0 Å². The number of halogens is 4. The van der Waals surface area contributed by atoms with Gasteiger partial charge in [-0.25, -0.2) is 0 Å². The van der Waals surface area contributed by atoms with Crippen molar-refractivity contribution in [3.8, 4) is 0 Å². The number of carbonyl (C=O) groups is 2. The van der Waals surface area contributed by atoms with Crippen LogP contribution in [0.5, 0.6) is 0 Å². The van der Waals surface area contributed by atoms with Crippen LogP contribution in [0.2, 0.25) is 0 Å². The molecule has 7 nitrogen and oxygen atoms in total. The molecule has 0 aliphatic carbocycles. The SMILES string of the molecule is Cn1cc(C(=O)NNC(=O)c2cc(Br)cn2C)c(C(F)(F)F)n1. The van der Waals surface area contributed by atoms with Gasteiger partial charge >= 0.3 is 6.18 Å².